The van der Waals surface area contributed by atoms with Crippen molar-refractivity contribution in [2.24, 2.45) is 0 Å². The molecule has 1 heterocycles. The van der Waals surface area contributed by atoms with E-state index in [2.05, 4.69) is 17.2 Å². The van der Waals surface area contributed by atoms with Crippen molar-refractivity contribution in [2.75, 3.05) is 6.54 Å². The minimum atomic E-state index is -0.808. The second-order valence-electron chi connectivity index (χ2n) is 5.19. The quantitative estimate of drug-likeness (QED) is 0.871. The SMILES string of the molecule is CCCNC(Cc1ccc(F)c(F)c1)c1ccncc1C. The smallest absolute Gasteiger partial charge is 0.159 e. The standard InChI is InChI=1S/C17H20F2N2/c1-3-7-21-17(14-6-8-20-11-12(14)2)10-13-4-5-15(18)16(19)9-13/h4-6,8-9,11,17,21H,3,7,10H2,1-2H3. The normalized spacial score (nSPS) is 12.4. The van der Waals surface area contributed by atoms with Gasteiger partial charge in [0.25, 0.3) is 0 Å². The lowest BCUT2D eigenvalue weighted by Gasteiger charge is -2.21. The molecule has 0 fully saturated rings. The van der Waals surface area contributed by atoms with Gasteiger partial charge in [0.1, 0.15) is 0 Å². The summed E-state index contributed by atoms with van der Waals surface area (Å²) in [5.41, 5.74) is 3.01. The summed E-state index contributed by atoms with van der Waals surface area (Å²) in [6, 6.07) is 6.13. The van der Waals surface area contributed by atoms with E-state index in [0.29, 0.717) is 6.42 Å². The number of nitrogens with zero attached hydrogens (tertiary/aromatic N) is 1. The molecule has 0 amide bonds. The van der Waals surface area contributed by atoms with E-state index in [0.717, 1.165) is 29.7 Å². The summed E-state index contributed by atoms with van der Waals surface area (Å²) in [5, 5.41) is 3.47. The fraction of sp³-hybridized carbons (Fsp3) is 0.353. The van der Waals surface area contributed by atoms with E-state index in [-0.39, 0.29) is 6.04 Å². The number of aryl methyl sites for hydroxylation is 1. The van der Waals surface area contributed by atoms with Crippen molar-refractivity contribution in [3.8, 4) is 0 Å². The molecule has 112 valence electrons. The number of aromatic nitrogens is 1. The van der Waals surface area contributed by atoms with E-state index in [1.807, 2.05) is 19.2 Å². The molecule has 2 rings (SSSR count). The van der Waals surface area contributed by atoms with E-state index in [4.69, 9.17) is 0 Å². The second-order valence-corrected chi connectivity index (χ2v) is 5.19. The predicted molar refractivity (Wildman–Crippen MR) is 80.1 cm³/mol. The van der Waals surface area contributed by atoms with Crippen LogP contribution in [0.2, 0.25) is 0 Å². The summed E-state index contributed by atoms with van der Waals surface area (Å²) in [7, 11) is 0. The number of hydrogen-bond donors (Lipinski definition) is 1. The molecule has 0 spiro atoms. The minimum absolute atomic E-state index is 0.0674. The second kappa shape index (κ2) is 7.27. The summed E-state index contributed by atoms with van der Waals surface area (Å²) in [5.74, 6) is -1.61. The molecule has 1 unspecified atom stereocenters. The van der Waals surface area contributed by atoms with Gasteiger partial charge < -0.3 is 5.32 Å². The molecule has 0 bridgehead atoms. The Labute approximate surface area is 124 Å². The van der Waals surface area contributed by atoms with Gasteiger partial charge in [0.15, 0.2) is 11.6 Å². The molecule has 0 aliphatic carbocycles. The van der Waals surface area contributed by atoms with E-state index in [1.54, 1.807) is 12.3 Å². The summed E-state index contributed by atoms with van der Waals surface area (Å²) in [6.07, 6.45) is 5.20. The molecule has 1 aromatic carbocycles. The average molecular weight is 290 g/mol. The first kappa shape index (κ1) is 15.6. The number of pyridine rings is 1. The van der Waals surface area contributed by atoms with Crippen LogP contribution in [-0.4, -0.2) is 11.5 Å². The molecular formula is C17H20F2N2. The average Bonchev–Trinajstić information content (AvgIpc) is 2.48. The van der Waals surface area contributed by atoms with Crippen LogP contribution in [0.1, 0.15) is 36.1 Å². The largest absolute Gasteiger partial charge is 0.310 e. The van der Waals surface area contributed by atoms with Crippen molar-refractivity contribution in [2.45, 2.75) is 32.7 Å². The monoisotopic (exact) mass is 290 g/mol. The molecular weight excluding hydrogens is 270 g/mol. The summed E-state index contributed by atoms with van der Waals surface area (Å²) < 4.78 is 26.4. The van der Waals surface area contributed by atoms with Crippen molar-refractivity contribution in [3.05, 3.63) is 65.0 Å². The van der Waals surface area contributed by atoms with Gasteiger partial charge >= 0.3 is 0 Å². The Morgan fingerprint density at radius 2 is 2.00 bits per heavy atom. The summed E-state index contributed by atoms with van der Waals surface area (Å²) >= 11 is 0. The van der Waals surface area contributed by atoms with Gasteiger partial charge in [0.05, 0.1) is 0 Å². The highest BCUT2D eigenvalue weighted by Crippen LogP contribution is 2.22. The topological polar surface area (TPSA) is 24.9 Å². The van der Waals surface area contributed by atoms with Crippen LogP contribution in [-0.2, 0) is 6.42 Å². The van der Waals surface area contributed by atoms with Gasteiger partial charge in [-0.05, 0) is 61.2 Å². The zero-order valence-corrected chi connectivity index (χ0v) is 12.4. The van der Waals surface area contributed by atoms with Crippen LogP contribution in [0.15, 0.2) is 36.7 Å². The molecule has 0 aliphatic heterocycles. The van der Waals surface area contributed by atoms with Gasteiger partial charge in [-0.15, -0.1) is 0 Å². The molecule has 4 heteroatoms. The van der Waals surface area contributed by atoms with Gasteiger partial charge in [0, 0.05) is 18.4 Å². The van der Waals surface area contributed by atoms with Crippen LogP contribution in [0.25, 0.3) is 0 Å². The third-order valence-corrected chi connectivity index (χ3v) is 3.50. The predicted octanol–water partition coefficient (Wildman–Crippen LogP) is 3.95. The number of rotatable bonds is 6. The highest BCUT2D eigenvalue weighted by molar-refractivity contribution is 5.28. The van der Waals surface area contributed by atoms with Crippen molar-refractivity contribution in [1.29, 1.82) is 0 Å². The number of nitrogens with one attached hydrogen (secondary N) is 1. The minimum Gasteiger partial charge on any atom is -0.310 e. The lowest BCUT2D eigenvalue weighted by Crippen LogP contribution is -2.25. The van der Waals surface area contributed by atoms with Crippen molar-refractivity contribution in [3.63, 3.8) is 0 Å². The van der Waals surface area contributed by atoms with Crippen molar-refractivity contribution >= 4 is 0 Å². The molecule has 0 aliphatic rings. The first-order chi connectivity index (χ1) is 10.1. The Bertz CT molecular complexity index is 599. The zero-order valence-electron chi connectivity index (χ0n) is 12.4. The van der Waals surface area contributed by atoms with Crippen LogP contribution >= 0.6 is 0 Å². The lowest BCUT2D eigenvalue weighted by molar-refractivity contribution is 0.499. The maximum atomic E-state index is 13.4. The van der Waals surface area contributed by atoms with E-state index < -0.39 is 11.6 Å². The van der Waals surface area contributed by atoms with Gasteiger partial charge in [-0.1, -0.05) is 13.0 Å². The van der Waals surface area contributed by atoms with Crippen molar-refractivity contribution in [1.82, 2.24) is 10.3 Å². The highest BCUT2D eigenvalue weighted by atomic mass is 19.2. The first-order valence-electron chi connectivity index (χ1n) is 7.19. The lowest BCUT2D eigenvalue weighted by atomic mass is 9.96. The van der Waals surface area contributed by atoms with Gasteiger partial charge in [-0.25, -0.2) is 8.78 Å². The van der Waals surface area contributed by atoms with Crippen LogP contribution < -0.4 is 5.32 Å². The molecule has 21 heavy (non-hydrogen) atoms. The maximum Gasteiger partial charge on any atom is 0.159 e. The maximum absolute atomic E-state index is 13.4. The van der Waals surface area contributed by atoms with Crippen LogP contribution in [0.3, 0.4) is 0 Å². The van der Waals surface area contributed by atoms with Crippen molar-refractivity contribution < 1.29 is 8.78 Å². The Morgan fingerprint density at radius 3 is 2.67 bits per heavy atom. The number of halogens is 2. The fourth-order valence-electron chi connectivity index (χ4n) is 2.39. The van der Waals surface area contributed by atoms with Gasteiger partial charge in [-0.3, -0.25) is 4.98 Å². The number of hydrogen-bond acceptors (Lipinski definition) is 2. The molecule has 1 N–H and O–H groups in total. The van der Waals surface area contributed by atoms with E-state index in [9.17, 15) is 8.78 Å². The van der Waals surface area contributed by atoms with Crippen LogP contribution in [0, 0.1) is 18.6 Å². The van der Waals surface area contributed by atoms with Crippen LogP contribution in [0.4, 0.5) is 8.78 Å². The van der Waals surface area contributed by atoms with Gasteiger partial charge in [-0.2, -0.15) is 0 Å². The third-order valence-electron chi connectivity index (χ3n) is 3.50. The molecule has 2 aromatic rings. The van der Waals surface area contributed by atoms with Gasteiger partial charge in [0.2, 0.25) is 0 Å². The molecule has 1 aromatic heterocycles. The number of benzene rings is 1. The fourth-order valence-corrected chi connectivity index (χ4v) is 2.39. The van der Waals surface area contributed by atoms with Crippen LogP contribution in [0.5, 0.6) is 0 Å². The molecule has 0 radical (unpaired) electrons. The van der Waals surface area contributed by atoms with E-state index >= 15 is 0 Å². The first-order valence-corrected chi connectivity index (χ1v) is 7.19. The molecule has 0 saturated carbocycles. The Balaban J connectivity index is 2.24. The Morgan fingerprint density at radius 1 is 1.19 bits per heavy atom. The molecule has 1 atom stereocenters. The summed E-state index contributed by atoms with van der Waals surface area (Å²) in [4.78, 5) is 4.10. The van der Waals surface area contributed by atoms with E-state index in [1.165, 1.54) is 12.1 Å². The highest BCUT2D eigenvalue weighted by Gasteiger charge is 2.15. The molecule has 0 saturated heterocycles. The summed E-state index contributed by atoms with van der Waals surface area (Å²) in [6.45, 7) is 4.98. The third kappa shape index (κ3) is 4.08. The Hall–Kier alpha value is -1.81. The zero-order chi connectivity index (χ0) is 15.2. The molecule has 2 nitrogen and oxygen atoms in total. The Kier molecular flexibility index (Phi) is 5.39.